The molecule has 9 rings (SSSR count). The second-order valence-electron chi connectivity index (χ2n) is 17.5. The molecule has 2 aliphatic carbocycles. The summed E-state index contributed by atoms with van der Waals surface area (Å²) < 4.78 is 49.3. The Hall–Kier alpha value is -2.45. The van der Waals surface area contributed by atoms with Gasteiger partial charge >= 0.3 is 5.97 Å². The van der Waals surface area contributed by atoms with Gasteiger partial charge in [-0.1, -0.05) is 57.0 Å². The van der Waals surface area contributed by atoms with Crippen molar-refractivity contribution in [3.05, 3.63) is 59.1 Å². The van der Waals surface area contributed by atoms with E-state index in [1.807, 2.05) is 50.2 Å². The van der Waals surface area contributed by atoms with Crippen molar-refractivity contribution in [3.8, 4) is 0 Å². The highest BCUT2D eigenvalue weighted by molar-refractivity contribution is 7.89. The number of sulfonamides is 1. The predicted molar refractivity (Wildman–Crippen MR) is 213 cm³/mol. The van der Waals surface area contributed by atoms with Crippen LogP contribution in [0.2, 0.25) is 0 Å². The van der Waals surface area contributed by atoms with Crippen molar-refractivity contribution in [2.75, 3.05) is 39.4 Å². The van der Waals surface area contributed by atoms with Gasteiger partial charge in [-0.2, -0.15) is 4.31 Å². The normalized spacial score (nSPS) is 27.6. The number of rotatable bonds is 15. The van der Waals surface area contributed by atoms with Gasteiger partial charge in [0.05, 0.1) is 45.9 Å². The average molecular weight is 794 g/mol. The first kappa shape index (κ1) is 39.4. The van der Waals surface area contributed by atoms with Gasteiger partial charge in [0.1, 0.15) is 6.10 Å². The molecule has 3 aromatic rings. The number of thiazole rings is 1. The summed E-state index contributed by atoms with van der Waals surface area (Å²) in [5.41, 5.74) is 1.80. The first-order valence-corrected chi connectivity index (χ1v) is 23.1. The van der Waals surface area contributed by atoms with Crippen molar-refractivity contribution in [1.29, 1.82) is 0 Å². The molecule has 300 valence electrons. The lowest BCUT2D eigenvalue weighted by atomic mass is 9.74. The monoisotopic (exact) mass is 793 g/mol. The zero-order chi connectivity index (χ0) is 38.1. The summed E-state index contributed by atoms with van der Waals surface area (Å²) in [7, 11) is -3.99. The number of benzene rings is 2. The number of esters is 1. The summed E-state index contributed by atoms with van der Waals surface area (Å²) in [6.45, 7) is 7.44. The summed E-state index contributed by atoms with van der Waals surface area (Å²) in [5.74, 6) is 0.181. The highest BCUT2D eigenvalue weighted by atomic mass is 32.2. The van der Waals surface area contributed by atoms with E-state index in [-0.39, 0.29) is 66.4 Å². The number of carbonyl (C=O) groups is 1. The van der Waals surface area contributed by atoms with E-state index in [1.54, 1.807) is 23.5 Å². The minimum atomic E-state index is -3.99. The van der Waals surface area contributed by atoms with Gasteiger partial charge in [0.2, 0.25) is 10.0 Å². The van der Waals surface area contributed by atoms with Gasteiger partial charge in [0.15, 0.2) is 6.29 Å². The van der Waals surface area contributed by atoms with Crippen molar-refractivity contribution in [1.82, 2.24) is 14.2 Å². The summed E-state index contributed by atoms with van der Waals surface area (Å²) in [5, 5.41) is 13.0. The fourth-order valence-corrected chi connectivity index (χ4v) is 13.0. The van der Waals surface area contributed by atoms with E-state index in [4.69, 9.17) is 19.2 Å². The molecule has 2 aromatic carbocycles. The van der Waals surface area contributed by atoms with Crippen LogP contribution in [0.5, 0.6) is 0 Å². The van der Waals surface area contributed by atoms with E-state index in [0.29, 0.717) is 25.6 Å². The van der Waals surface area contributed by atoms with Gasteiger partial charge < -0.3 is 24.2 Å². The number of likely N-dealkylation sites (tertiary alicyclic amines) is 1. The third-order valence-corrected chi connectivity index (χ3v) is 16.0. The van der Waals surface area contributed by atoms with E-state index in [9.17, 15) is 18.3 Å². The maximum Gasteiger partial charge on any atom is 0.306 e. The molecule has 1 N–H and O–H groups in total. The lowest BCUT2D eigenvalue weighted by Gasteiger charge is -2.36. The number of ether oxygens (including phenoxy) is 3. The third kappa shape index (κ3) is 9.01. The van der Waals surface area contributed by atoms with Crippen LogP contribution < -0.4 is 0 Å². The zero-order valence-corrected chi connectivity index (χ0v) is 34.1. The second kappa shape index (κ2) is 17.2. The molecule has 6 fully saturated rings. The standard InChI is InChI=1S/C43H59N3O7S2/c1-28(2)24-46(55(49,50)34-13-15-37-39(23-34)54-40(44-37)21-30-16-18-45(19-17-30)33-10-6-7-11-33)25-38(47)32(20-29-8-4-3-5-9-29)22-41(48)53-42-31-12-14-35-36(42)27-52-43(35)51-26-31/h3-5,8-9,13,15,23,28,30-33,35-36,38,42-43,47H,6-7,10-12,14,16-22,24-27H2,1-2H3/t31?,32-,35?,36?,38-,42?,43?/m1/s1. The first-order valence-electron chi connectivity index (χ1n) is 20.9. The fourth-order valence-electron chi connectivity index (χ4n) is 10.1. The predicted octanol–water partition coefficient (Wildman–Crippen LogP) is 6.69. The minimum absolute atomic E-state index is 0.0173. The van der Waals surface area contributed by atoms with Crippen LogP contribution in [0.4, 0.5) is 0 Å². The van der Waals surface area contributed by atoms with Gasteiger partial charge in [-0.3, -0.25) is 4.79 Å². The van der Waals surface area contributed by atoms with Crippen molar-refractivity contribution >= 4 is 37.5 Å². The molecular formula is C43H59N3O7S2. The smallest absolute Gasteiger partial charge is 0.306 e. The zero-order valence-electron chi connectivity index (χ0n) is 32.5. The Balaban J connectivity index is 0.956. The van der Waals surface area contributed by atoms with Crippen LogP contribution in [0.15, 0.2) is 53.4 Å². The summed E-state index contributed by atoms with van der Waals surface area (Å²) in [4.78, 5) is 21.6. The van der Waals surface area contributed by atoms with Crippen molar-refractivity contribution in [2.45, 2.75) is 114 Å². The number of fused-ring (bicyclic) bond motifs is 3. The number of carbonyl (C=O) groups excluding carboxylic acids is 1. The molecule has 12 heteroatoms. The number of aliphatic hydroxyl groups is 1. The molecule has 7 atom stereocenters. The molecule has 2 saturated carbocycles. The Morgan fingerprint density at radius 2 is 1.75 bits per heavy atom. The molecule has 0 radical (unpaired) electrons. The second-order valence-corrected chi connectivity index (χ2v) is 20.5. The van der Waals surface area contributed by atoms with Crippen LogP contribution in [-0.2, 0) is 41.9 Å². The van der Waals surface area contributed by atoms with E-state index in [1.165, 1.54) is 55.9 Å². The quantitative estimate of drug-likeness (QED) is 0.168. The fraction of sp³-hybridized carbons (Fsp3) is 0.674. The Morgan fingerprint density at radius 3 is 2.51 bits per heavy atom. The molecule has 4 aliphatic heterocycles. The van der Waals surface area contributed by atoms with E-state index < -0.39 is 22.0 Å². The van der Waals surface area contributed by atoms with E-state index in [0.717, 1.165) is 46.1 Å². The Morgan fingerprint density at radius 1 is 0.982 bits per heavy atom. The van der Waals surface area contributed by atoms with Gasteiger partial charge in [0, 0.05) is 49.2 Å². The largest absolute Gasteiger partial charge is 0.462 e. The van der Waals surface area contributed by atoms with Gasteiger partial charge in [-0.25, -0.2) is 13.4 Å². The number of hydrogen-bond donors (Lipinski definition) is 1. The number of nitrogens with zero attached hydrogens (tertiary/aromatic N) is 3. The highest BCUT2D eigenvalue weighted by Crippen LogP contribution is 2.47. The van der Waals surface area contributed by atoms with Crippen LogP contribution in [-0.4, -0.2) is 97.6 Å². The number of piperidine rings is 1. The first-order chi connectivity index (χ1) is 26.6. The van der Waals surface area contributed by atoms with Crippen LogP contribution in [0.1, 0.15) is 82.2 Å². The van der Waals surface area contributed by atoms with Crippen LogP contribution >= 0.6 is 11.3 Å². The molecule has 1 aromatic heterocycles. The lowest BCUT2D eigenvalue weighted by Crippen LogP contribution is -2.44. The molecular weight excluding hydrogens is 735 g/mol. The van der Waals surface area contributed by atoms with Crippen molar-refractivity contribution in [2.24, 2.45) is 35.5 Å². The summed E-state index contributed by atoms with van der Waals surface area (Å²) in [6.07, 6.45) is 9.48. The molecule has 0 spiro atoms. The lowest BCUT2D eigenvalue weighted by molar-refractivity contribution is -0.165. The maximum absolute atomic E-state index is 14.4. The molecule has 4 saturated heterocycles. The molecule has 5 heterocycles. The minimum Gasteiger partial charge on any atom is -0.462 e. The topological polar surface area (TPSA) is 118 Å². The van der Waals surface area contributed by atoms with Gasteiger partial charge in [-0.05, 0) is 93.6 Å². The van der Waals surface area contributed by atoms with E-state index in [2.05, 4.69) is 4.90 Å². The Labute approximate surface area is 331 Å². The molecule has 5 unspecified atom stereocenters. The molecule has 4 bridgehead atoms. The average Bonchev–Trinajstić information content (AvgIpc) is 3.90. The van der Waals surface area contributed by atoms with E-state index >= 15 is 0 Å². The van der Waals surface area contributed by atoms with Crippen LogP contribution in [0.3, 0.4) is 0 Å². The Bertz CT molecular complexity index is 1860. The van der Waals surface area contributed by atoms with Gasteiger partial charge in [-0.15, -0.1) is 11.3 Å². The maximum atomic E-state index is 14.4. The van der Waals surface area contributed by atoms with Crippen molar-refractivity contribution in [3.63, 3.8) is 0 Å². The molecule has 6 aliphatic rings. The van der Waals surface area contributed by atoms with Crippen molar-refractivity contribution < 1.29 is 32.5 Å². The molecule has 55 heavy (non-hydrogen) atoms. The Kier molecular flexibility index (Phi) is 12.3. The summed E-state index contributed by atoms with van der Waals surface area (Å²) in [6, 6.07) is 15.8. The van der Waals surface area contributed by atoms with Crippen LogP contribution in [0.25, 0.3) is 10.2 Å². The highest BCUT2D eigenvalue weighted by Gasteiger charge is 2.52. The van der Waals surface area contributed by atoms with Gasteiger partial charge in [0.25, 0.3) is 0 Å². The van der Waals surface area contributed by atoms with Crippen LogP contribution in [0, 0.1) is 35.5 Å². The third-order valence-electron chi connectivity index (χ3n) is 13.1. The number of aromatic nitrogens is 1. The number of hydrogen-bond acceptors (Lipinski definition) is 10. The SMILES string of the molecule is CC(C)CN(C[C@@H](O)[C@@H](CC(=O)OC1C2CCC3C(OC2)OCC31)Cc1ccccc1)S(=O)(=O)c1ccc2nc(CC3CCN(C4CCCC4)CC3)sc2c1. The molecule has 0 amide bonds. The molecule has 10 nitrogen and oxygen atoms in total. The number of aliphatic hydroxyl groups excluding tert-OH is 1. The summed E-state index contributed by atoms with van der Waals surface area (Å²) >= 11 is 1.60.